The molecule has 0 aliphatic carbocycles. The molecule has 0 heterocycles. The van der Waals surface area contributed by atoms with Gasteiger partial charge in [0.25, 0.3) is 10.0 Å². The lowest BCUT2D eigenvalue weighted by Crippen LogP contribution is -2.30. The van der Waals surface area contributed by atoms with Gasteiger partial charge in [-0.2, -0.15) is 0 Å². The minimum Gasteiger partial charge on any atom is -0.497 e. The van der Waals surface area contributed by atoms with Gasteiger partial charge in [-0.1, -0.05) is 121 Å². The van der Waals surface area contributed by atoms with Gasteiger partial charge in [-0.25, -0.2) is 8.42 Å². The zero-order valence-corrected chi connectivity index (χ0v) is 25.5. The number of ether oxygens (including phenoxy) is 1. The van der Waals surface area contributed by atoms with E-state index in [2.05, 4.69) is 24.3 Å². The fraction of sp³-hybridized carbons (Fsp3) is 0.0769. The third kappa shape index (κ3) is 5.87. The molecular weight excluding hydrogens is 563 g/mol. The number of rotatable bonds is 9. The third-order valence-corrected chi connectivity index (χ3v) is 9.51. The standard InChI is InChI=1S/C39H33NO3S/c1-29-20-26-35(27-21-29)44(41,42)40(28-30-12-5-3-6-13-30)39(33-22-24-34(43-2)25-23-33)38(32-15-7-4-8-16-32)37-19-11-17-31-14-9-10-18-36(31)37/h3-27H,28H2,1-2H3/b39-38+. The monoisotopic (exact) mass is 595 g/mol. The van der Waals surface area contributed by atoms with Crippen LogP contribution in [0.3, 0.4) is 0 Å². The number of methoxy groups -OCH3 is 1. The topological polar surface area (TPSA) is 46.6 Å². The highest BCUT2D eigenvalue weighted by Crippen LogP contribution is 2.41. The Hall–Kier alpha value is -5.13. The van der Waals surface area contributed by atoms with Crippen LogP contribution in [0.15, 0.2) is 157 Å². The van der Waals surface area contributed by atoms with Gasteiger partial charge >= 0.3 is 0 Å². The van der Waals surface area contributed by atoms with E-state index < -0.39 is 10.0 Å². The lowest BCUT2D eigenvalue weighted by atomic mass is 9.89. The fourth-order valence-electron chi connectivity index (χ4n) is 5.50. The van der Waals surface area contributed by atoms with E-state index >= 15 is 0 Å². The van der Waals surface area contributed by atoms with Crippen molar-refractivity contribution in [3.8, 4) is 5.75 Å². The van der Waals surface area contributed by atoms with Crippen LogP contribution in [0.4, 0.5) is 0 Å². The zero-order chi connectivity index (χ0) is 30.5. The van der Waals surface area contributed by atoms with Crippen LogP contribution in [0.1, 0.15) is 27.8 Å². The summed E-state index contributed by atoms with van der Waals surface area (Å²) < 4.78 is 36.8. The Balaban J connectivity index is 1.76. The molecule has 4 nitrogen and oxygen atoms in total. The van der Waals surface area contributed by atoms with Crippen LogP contribution in [0.5, 0.6) is 5.75 Å². The third-order valence-electron chi connectivity index (χ3n) is 7.75. The lowest BCUT2D eigenvalue weighted by molar-refractivity contribution is 0.414. The first kappa shape index (κ1) is 29.0. The van der Waals surface area contributed by atoms with Crippen LogP contribution >= 0.6 is 0 Å². The maximum Gasteiger partial charge on any atom is 0.264 e. The molecule has 0 spiro atoms. The van der Waals surface area contributed by atoms with Crippen molar-refractivity contribution < 1.29 is 13.2 Å². The number of fused-ring (bicyclic) bond motifs is 1. The Morgan fingerprint density at radius 1 is 0.636 bits per heavy atom. The first-order valence-corrected chi connectivity index (χ1v) is 16.0. The molecule has 0 radical (unpaired) electrons. The van der Waals surface area contributed by atoms with E-state index in [4.69, 9.17) is 4.74 Å². The highest BCUT2D eigenvalue weighted by atomic mass is 32.2. The van der Waals surface area contributed by atoms with Crippen LogP contribution in [0.25, 0.3) is 22.0 Å². The SMILES string of the molecule is COc1ccc(/C(=C(/c2ccccc2)c2cccc3ccccc23)N(Cc2ccccc2)S(=O)(=O)c2ccc(C)cc2)cc1. The number of sulfonamides is 1. The molecule has 0 aliphatic rings. The molecule has 6 rings (SSSR count). The normalized spacial score (nSPS) is 12.0. The van der Waals surface area contributed by atoms with Crippen LogP contribution < -0.4 is 4.74 Å². The summed E-state index contributed by atoms with van der Waals surface area (Å²) in [4.78, 5) is 0.232. The summed E-state index contributed by atoms with van der Waals surface area (Å²) in [6.45, 7) is 2.09. The molecule has 0 bridgehead atoms. The van der Waals surface area contributed by atoms with Crippen molar-refractivity contribution in [1.29, 1.82) is 0 Å². The van der Waals surface area contributed by atoms with Gasteiger partial charge in [0.2, 0.25) is 0 Å². The predicted octanol–water partition coefficient (Wildman–Crippen LogP) is 8.96. The fourth-order valence-corrected chi connectivity index (χ4v) is 6.99. The highest BCUT2D eigenvalue weighted by Gasteiger charge is 2.31. The number of aryl methyl sites for hydroxylation is 1. The molecule has 218 valence electrons. The van der Waals surface area contributed by atoms with Gasteiger partial charge in [-0.05, 0) is 76.3 Å². The van der Waals surface area contributed by atoms with Crippen molar-refractivity contribution in [3.63, 3.8) is 0 Å². The summed E-state index contributed by atoms with van der Waals surface area (Å²) >= 11 is 0. The molecule has 0 aliphatic heterocycles. The van der Waals surface area contributed by atoms with Crippen LogP contribution in [-0.4, -0.2) is 19.8 Å². The summed E-state index contributed by atoms with van der Waals surface area (Å²) in [6, 6.07) is 48.9. The molecule has 0 unspecified atom stereocenters. The minimum atomic E-state index is -4.05. The van der Waals surface area contributed by atoms with Gasteiger partial charge in [-0.15, -0.1) is 0 Å². The Kier molecular flexibility index (Phi) is 8.31. The molecule has 0 saturated heterocycles. The van der Waals surface area contributed by atoms with Crippen molar-refractivity contribution >= 4 is 32.1 Å². The van der Waals surface area contributed by atoms with E-state index in [9.17, 15) is 8.42 Å². The minimum absolute atomic E-state index is 0.138. The van der Waals surface area contributed by atoms with Crippen LogP contribution in [0.2, 0.25) is 0 Å². The zero-order valence-electron chi connectivity index (χ0n) is 24.7. The molecule has 0 saturated carbocycles. The molecular formula is C39H33NO3S. The van der Waals surface area contributed by atoms with E-state index in [1.54, 1.807) is 23.5 Å². The van der Waals surface area contributed by atoms with E-state index in [-0.39, 0.29) is 11.4 Å². The Morgan fingerprint density at radius 3 is 1.93 bits per heavy atom. The molecule has 6 aromatic carbocycles. The summed E-state index contributed by atoms with van der Waals surface area (Å²) in [6.07, 6.45) is 0. The van der Waals surface area contributed by atoms with Crippen molar-refractivity contribution in [2.24, 2.45) is 0 Å². The maximum absolute atomic E-state index is 14.9. The number of hydrogen-bond donors (Lipinski definition) is 0. The van der Waals surface area contributed by atoms with E-state index in [1.165, 1.54) is 0 Å². The summed E-state index contributed by atoms with van der Waals surface area (Å²) in [5.74, 6) is 0.690. The molecule has 0 aromatic heterocycles. The molecule has 5 heteroatoms. The Bertz CT molecular complexity index is 2010. The van der Waals surface area contributed by atoms with E-state index in [1.807, 2.05) is 122 Å². The summed E-state index contributed by atoms with van der Waals surface area (Å²) in [7, 11) is -2.42. The molecule has 0 atom stereocenters. The van der Waals surface area contributed by atoms with E-state index in [0.717, 1.165) is 44.2 Å². The predicted molar refractivity (Wildman–Crippen MR) is 180 cm³/mol. The quantitative estimate of drug-likeness (QED) is 0.157. The lowest BCUT2D eigenvalue weighted by Gasteiger charge is -2.31. The van der Waals surface area contributed by atoms with Crippen LogP contribution in [0, 0.1) is 6.92 Å². The average Bonchev–Trinajstić information content (AvgIpc) is 3.07. The van der Waals surface area contributed by atoms with Gasteiger partial charge in [0, 0.05) is 5.57 Å². The van der Waals surface area contributed by atoms with Gasteiger partial charge in [-0.3, -0.25) is 4.31 Å². The molecule has 6 aromatic rings. The van der Waals surface area contributed by atoms with Crippen molar-refractivity contribution in [2.45, 2.75) is 18.4 Å². The van der Waals surface area contributed by atoms with Gasteiger partial charge in [0.1, 0.15) is 5.75 Å². The van der Waals surface area contributed by atoms with E-state index in [0.29, 0.717) is 11.4 Å². The van der Waals surface area contributed by atoms with Crippen molar-refractivity contribution in [2.75, 3.05) is 7.11 Å². The van der Waals surface area contributed by atoms with Gasteiger partial charge < -0.3 is 4.74 Å². The second kappa shape index (κ2) is 12.6. The molecule has 0 N–H and O–H groups in total. The first-order chi connectivity index (χ1) is 21.5. The largest absolute Gasteiger partial charge is 0.497 e. The first-order valence-electron chi connectivity index (χ1n) is 14.5. The molecule has 44 heavy (non-hydrogen) atoms. The van der Waals surface area contributed by atoms with Gasteiger partial charge in [0.15, 0.2) is 0 Å². The van der Waals surface area contributed by atoms with Crippen molar-refractivity contribution in [1.82, 2.24) is 4.31 Å². The second-order valence-electron chi connectivity index (χ2n) is 10.7. The summed E-state index contributed by atoms with van der Waals surface area (Å²) in [5.41, 5.74) is 5.87. The summed E-state index contributed by atoms with van der Waals surface area (Å²) in [5, 5.41) is 2.11. The second-order valence-corrected chi connectivity index (χ2v) is 12.5. The van der Waals surface area contributed by atoms with Gasteiger partial charge in [0.05, 0.1) is 24.2 Å². The Morgan fingerprint density at radius 2 is 1.25 bits per heavy atom. The number of benzene rings is 6. The number of hydrogen-bond acceptors (Lipinski definition) is 3. The highest BCUT2D eigenvalue weighted by molar-refractivity contribution is 7.89. The smallest absolute Gasteiger partial charge is 0.264 e. The van der Waals surface area contributed by atoms with Crippen molar-refractivity contribution in [3.05, 3.63) is 179 Å². The molecule has 0 amide bonds. The van der Waals surface area contributed by atoms with Crippen LogP contribution in [-0.2, 0) is 16.6 Å². The number of nitrogens with zero attached hydrogens (tertiary/aromatic N) is 1. The maximum atomic E-state index is 14.9. The Labute approximate surface area is 259 Å². The average molecular weight is 596 g/mol. The molecule has 0 fully saturated rings.